The molecule has 2 rings (SSSR count). The summed E-state index contributed by atoms with van der Waals surface area (Å²) in [5.41, 5.74) is 0.679. The number of hydrogen-bond donors (Lipinski definition) is 1. The van der Waals surface area contributed by atoms with Crippen molar-refractivity contribution in [2.24, 2.45) is 13.0 Å². The van der Waals surface area contributed by atoms with E-state index in [1.54, 1.807) is 6.92 Å². The van der Waals surface area contributed by atoms with E-state index in [2.05, 4.69) is 5.32 Å². The van der Waals surface area contributed by atoms with Crippen LogP contribution in [0.15, 0.2) is 24.5 Å². The Morgan fingerprint density at radius 1 is 1.26 bits per heavy atom. The molecule has 1 N–H and O–H groups in total. The summed E-state index contributed by atoms with van der Waals surface area (Å²) in [6.07, 6.45) is 7.29. The maximum absolute atomic E-state index is 12.1. The fourth-order valence-electron chi connectivity index (χ4n) is 2.64. The van der Waals surface area contributed by atoms with Crippen LogP contribution in [0.1, 0.15) is 43.0 Å². The van der Waals surface area contributed by atoms with Crippen LogP contribution >= 0.6 is 0 Å². The molecule has 1 saturated carbocycles. The average Bonchev–Trinajstić information content (AvgIpc) is 2.39. The predicted octanol–water partition coefficient (Wildman–Crippen LogP) is 1.39. The zero-order valence-corrected chi connectivity index (χ0v) is 11.6. The number of amides is 1. The van der Waals surface area contributed by atoms with Gasteiger partial charge in [0.15, 0.2) is 12.4 Å². The minimum absolute atomic E-state index is 0.0255. The maximum Gasteiger partial charge on any atom is 0.257 e. The van der Waals surface area contributed by atoms with Crippen LogP contribution in [-0.4, -0.2) is 17.7 Å². The predicted molar refractivity (Wildman–Crippen MR) is 71.5 cm³/mol. The second-order valence-electron chi connectivity index (χ2n) is 5.39. The summed E-state index contributed by atoms with van der Waals surface area (Å²) in [5.74, 6) is 0.449. The minimum atomic E-state index is -0.0255. The molecular formula is C15H21N2O2+. The van der Waals surface area contributed by atoms with Gasteiger partial charge in [-0.3, -0.25) is 9.59 Å². The van der Waals surface area contributed by atoms with Crippen LogP contribution in [0.4, 0.5) is 0 Å². The van der Waals surface area contributed by atoms with Crippen molar-refractivity contribution in [3.63, 3.8) is 0 Å². The first-order valence-electron chi connectivity index (χ1n) is 6.83. The molecule has 0 saturated heterocycles. The van der Waals surface area contributed by atoms with E-state index in [1.165, 1.54) is 0 Å². The number of carbonyl (C=O) groups is 2. The third-order valence-corrected chi connectivity index (χ3v) is 3.84. The molecule has 1 aliphatic carbocycles. The number of hydrogen-bond acceptors (Lipinski definition) is 2. The highest BCUT2D eigenvalue weighted by atomic mass is 16.1. The Morgan fingerprint density at radius 3 is 2.53 bits per heavy atom. The summed E-state index contributed by atoms with van der Waals surface area (Å²) in [6.45, 7) is 1.66. The molecule has 1 aromatic heterocycles. The van der Waals surface area contributed by atoms with Crippen molar-refractivity contribution < 1.29 is 14.2 Å². The van der Waals surface area contributed by atoms with Crippen LogP contribution < -0.4 is 9.88 Å². The number of Topliss-reactive ketones (excluding diaryl/α,β-unsaturated/α-hetero) is 1. The number of nitrogens with zero attached hydrogens (tertiary/aromatic N) is 1. The summed E-state index contributed by atoms with van der Waals surface area (Å²) in [7, 11) is 1.90. The molecule has 0 bridgehead atoms. The summed E-state index contributed by atoms with van der Waals surface area (Å²) >= 11 is 0. The van der Waals surface area contributed by atoms with Gasteiger partial charge in [-0.25, -0.2) is 4.57 Å². The molecule has 1 heterocycles. The Labute approximate surface area is 113 Å². The summed E-state index contributed by atoms with van der Waals surface area (Å²) < 4.78 is 1.86. The molecule has 0 spiro atoms. The zero-order valence-electron chi connectivity index (χ0n) is 11.6. The lowest BCUT2D eigenvalue weighted by Crippen LogP contribution is -2.39. The molecule has 1 aliphatic rings. The SMILES string of the molecule is CC(=O)C1CCC(NC(=O)c2ccc[n+](C)c2)CC1. The Kier molecular flexibility index (Phi) is 4.30. The van der Waals surface area contributed by atoms with Gasteiger partial charge in [0.1, 0.15) is 18.4 Å². The molecule has 19 heavy (non-hydrogen) atoms. The van der Waals surface area contributed by atoms with Crippen molar-refractivity contribution in [2.75, 3.05) is 0 Å². The molecule has 0 unspecified atom stereocenters. The van der Waals surface area contributed by atoms with E-state index in [0.29, 0.717) is 5.56 Å². The highest BCUT2D eigenvalue weighted by molar-refractivity contribution is 5.93. The van der Waals surface area contributed by atoms with E-state index in [1.807, 2.05) is 36.1 Å². The van der Waals surface area contributed by atoms with E-state index in [9.17, 15) is 9.59 Å². The van der Waals surface area contributed by atoms with Crippen LogP contribution in [0.3, 0.4) is 0 Å². The standard InChI is InChI=1S/C15H20N2O2/c1-11(18)12-5-7-14(8-6-12)16-15(19)13-4-3-9-17(2)10-13/h3-4,9-10,12,14H,5-8H2,1-2H3/p+1. The van der Waals surface area contributed by atoms with Gasteiger partial charge >= 0.3 is 0 Å². The van der Waals surface area contributed by atoms with E-state index >= 15 is 0 Å². The van der Waals surface area contributed by atoms with Gasteiger partial charge in [0, 0.05) is 18.0 Å². The van der Waals surface area contributed by atoms with Gasteiger partial charge in [-0.05, 0) is 38.7 Å². The van der Waals surface area contributed by atoms with Crippen molar-refractivity contribution in [1.29, 1.82) is 0 Å². The Hall–Kier alpha value is -1.71. The van der Waals surface area contributed by atoms with Crippen molar-refractivity contribution in [2.45, 2.75) is 38.6 Å². The topological polar surface area (TPSA) is 50.1 Å². The average molecular weight is 261 g/mol. The molecule has 0 aliphatic heterocycles. The minimum Gasteiger partial charge on any atom is -0.349 e. The van der Waals surface area contributed by atoms with Crippen molar-refractivity contribution in [1.82, 2.24) is 5.32 Å². The lowest BCUT2D eigenvalue weighted by Gasteiger charge is -2.27. The van der Waals surface area contributed by atoms with Crippen molar-refractivity contribution in [3.8, 4) is 0 Å². The summed E-state index contributed by atoms with van der Waals surface area (Å²) in [6, 6.07) is 3.88. The third kappa shape index (κ3) is 3.63. The van der Waals surface area contributed by atoms with Gasteiger partial charge in [0.25, 0.3) is 5.91 Å². The molecule has 0 aromatic carbocycles. The largest absolute Gasteiger partial charge is 0.349 e. The molecular weight excluding hydrogens is 240 g/mol. The lowest BCUT2D eigenvalue weighted by molar-refractivity contribution is -0.671. The number of aromatic nitrogens is 1. The number of carbonyl (C=O) groups excluding carboxylic acids is 2. The van der Waals surface area contributed by atoms with Gasteiger partial charge in [-0.1, -0.05) is 0 Å². The molecule has 4 heteroatoms. The van der Waals surface area contributed by atoms with E-state index < -0.39 is 0 Å². The molecule has 0 radical (unpaired) electrons. The normalized spacial score (nSPS) is 22.8. The van der Waals surface area contributed by atoms with Crippen molar-refractivity contribution in [3.05, 3.63) is 30.1 Å². The Balaban J connectivity index is 1.89. The van der Waals surface area contributed by atoms with Gasteiger partial charge in [-0.15, -0.1) is 0 Å². The first kappa shape index (κ1) is 13.7. The molecule has 102 valence electrons. The van der Waals surface area contributed by atoms with Crippen LogP contribution in [0.2, 0.25) is 0 Å². The van der Waals surface area contributed by atoms with Gasteiger partial charge < -0.3 is 5.32 Å². The lowest BCUT2D eigenvalue weighted by atomic mass is 9.84. The second kappa shape index (κ2) is 5.95. The number of aryl methyl sites for hydroxylation is 1. The Morgan fingerprint density at radius 2 is 1.95 bits per heavy atom. The fourth-order valence-corrected chi connectivity index (χ4v) is 2.64. The first-order valence-corrected chi connectivity index (χ1v) is 6.83. The second-order valence-corrected chi connectivity index (χ2v) is 5.39. The smallest absolute Gasteiger partial charge is 0.257 e. The quantitative estimate of drug-likeness (QED) is 0.836. The molecule has 0 atom stereocenters. The first-order chi connectivity index (χ1) is 9.06. The fraction of sp³-hybridized carbons (Fsp3) is 0.533. The highest BCUT2D eigenvalue weighted by Gasteiger charge is 2.25. The molecule has 1 aromatic rings. The van der Waals surface area contributed by atoms with Gasteiger partial charge in [0.05, 0.1) is 0 Å². The number of pyridine rings is 1. The summed E-state index contributed by atoms with van der Waals surface area (Å²) in [4.78, 5) is 23.4. The maximum atomic E-state index is 12.1. The Bertz CT molecular complexity index is 477. The van der Waals surface area contributed by atoms with Crippen molar-refractivity contribution >= 4 is 11.7 Å². The van der Waals surface area contributed by atoms with Crippen LogP contribution in [0.25, 0.3) is 0 Å². The van der Waals surface area contributed by atoms with Crippen LogP contribution in [0.5, 0.6) is 0 Å². The van der Waals surface area contributed by atoms with Gasteiger partial charge in [-0.2, -0.15) is 0 Å². The van der Waals surface area contributed by atoms with E-state index in [0.717, 1.165) is 25.7 Å². The molecule has 1 fully saturated rings. The number of nitrogens with one attached hydrogen (secondary N) is 1. The van der Waals surface area contributed by atoms with E-state index in [4.69, 9.17) is 0 Å². The van der Waals surface area contributed by atoms with Crippen LogP contribution in [0, 0.1) is 5.92 Å². The van der Waals surface area contributed by atoms with Crippen LogP contribution in [-0.2, 0) is 11.8 Å². The molecule has 1 amide bonds. The van der Waals surface area contributed by atoms with E-state index in [-0.39, 0.29) is 23.7 Å². The highest BCUT2D eigenvalue weighted by Crippen LogP contribution is 2.25. The van der Waals surface area contributed by atoms with Gasteiger partial charge in [0.2, 0.25) is 0 Å². The summed E-state index contributed by atoms with van der Waals surface area (Å²) in [5, 5.41) is 3.06. The molecule has 4 nitrogen and oxygen atoms in total. The number of rotatable bonds is 3. The zero-order chi connectivity index (χ0) is 13.8. The number of ketones is 1. The third-order valence-electron chi connectivity index (χ3n) is 3.84. The monoisotopic (exact) mass is 261 g/mol.